The summed E-state index contributed by atoms with van der Waals surface area (Å²) in [6, 6.07) is 19.9. The summed E-state index contributed by atoms with van der Waals surface area (Å²) in [4.78, 5) is 37.7. The van der Waals surface area contributed by atoms with E-state index in [0.717, 1.165) is 6.26 Å². The maximum atomic E-state index is 13.6. The standard InChI is InChI=1S/C38H36N8O8S4/c1-21(2)35-43-33(54-46-35)9-10-39-36(49)45-38-42-30-8-7-23(18-31(30)55-38)24-13-26(16-28(15-24)58(52,53)41-11-12-47)29-17-25(19-32-34(29)44-37(56-32)40-20-48)22-5-4-6-27(14-22)57(3,50)51/h4-8,13-21,41,47H,9-12H2,1-3H3,(H,40,44,48)(H2,39,42,45,49). The predicted octanol–water partition coefficient (Wildman–Crippen LogP) is 6.02. The normalized spacial score (nSPS) is 12.0. The number of nitrogens with one attached hydrogen (secondary N) is 4. The van der Waals surface area contributed by atoms with Gasteiger partial charge in [-0.3, -0.25) is 10.1 Å². The topological polar surface area (TPSA) is 235 Å². The highest BCUT2D eigenvalue weighted by molar-refractivity contribution is 7.90. The monoisotopic (exact) mass is 860 g/mol. The van der Waals surface area contributed by atoms with Gasteiger partial charge in [-0.25, -0.2) is 36.3 Å². The summed E-state index contributed by atoms with van der Waals surface area (Å²) in [5.41, 5.74) is 4.45. The number of fused-ring (bicyclic) bond motifs is 2. The minimum absolute atomic E-state index is 0.0862. The van der Waals surface area contributed by atoms with Crippen molar-refractivity contribution in [1.82, 2.24) is 30.1 Å². The molecule has 0 atom stereocenters. The van der Waals surface area contributed by atoms with Gasteiger partial charge in [-0.2, -0.15) is 4.98 Å². The summed E-state index contributed by atoms with van der Waals surface area (Å²) in [6.07, 6.45) is 1.99. The predicted molar refractivity (Wildman–Crippen MR) is 223 cm³/mol. The summed E-state index contributed by atoms with van der Waals surface area (Å²) in [6.45, 7) is 3.54. The smallest absolute Gasteiger partial charge is 0.321 e. The van der Waals surface area contributed by atoms with E-state index in [9.17, 15) is 31.5 Å². The number of nitrogens with zero attached hydrogens (tertiary/aromatic N) is 4. The molecule has 300 valence electrons. The molecule has 0 spiro atoms. The highest BCUT2D eigenvalue weighted by Gasteiger charge is 2.21. The van der Waals surface area contributed by atoms with Crippen LogP contribution in [0, 0.1) is 0 Å². The number of carbonyl (C=O) groups excluding carboxylic acids is 2. The molecule has 7 aromatic rings. The molecule has 20 heteroatoms. The van der Waals surface area contributed by atoms with Crippen LogP contribution in [0.5, 0.6) is 0 Å². The van der Waals surface area contributed by atoms with Crippen molar-refractivity contribution in [2.75, 3.05) is 36.6 Å². The van der Waals surface area contributed by atoms with Crippen LogP contribution in [-0.4, -0.2) is 80.4 Å². The minimum atomic E-state index is -4.14. The number of aromatic nitrogens is 4. The van der Waals surface area contributed by atoms with E-state index < -0.39 is 32.5 Å². The first-order valence-electron chi connectivity index (χ1n) is 17.7. The van der Waals surface area contributed by atoms with Crippen molar-refractivity contribution < 1.29 is 36.1 Å². The van der Waals surface area contributed by atoms with Gasteiger partial charge in [0.1, 0.15) is 0 Å². The lowest BCUT2D eigenvalue weighted by atomic mass is 9.95. The lowest BCUT2D eigenvalue weighted by Gasteiger charge is -2.14. The zero-order chi connectivity index (χ0) is 41.2. The molecule has 4 aromatic carbocycles. The number of anilines is 2. The van der Waals surface area contributed by atoms with Crippen molar-refractivity contribution in [3.05, 3.63) is 84.5 Å². The SMILES string of the molecule is CC(C)c1noc(CCNC(=O)Nc2nc3ccc(-c4cc(-c5cc(-c6cccc(S(C)(=O)=O)c6)cc6sc(NC=O)nc56)cc(S(=O)(=O)NCCO)c4)cc3s2)n1. The third-order valence-corrected chi connectivity index (χ3v) is 13.2. The number of hydrogen-bond donors (Lipinski definition) is 5. The molecular formula is C38H36N8O8S4. The molecule has 16 nitrogen and oxygen atoms in total. The van der Waals surface area contributed by atoms with E-state index in [4.69, 9.17) is 4.52 Å². The van der Waals surface area contributed by atoms with E-state index in [-0.39, 0.29) is 28.8 Å². The van der Waals surface area contributed by atoms with Crippen LogP contribution < -0.4 is 20.7 Å². The number of rotatable bonds is 15. The fraction of sp³-hybridized carbons (Fsp3) is 0.211. The van der Waals surface area contributed by atoms with Crippen LogP contribution in [0.3, 0.4) is 0 Å². The number of amides is 3. The molecule has 3 aromatic heterocycles. The Hall–Kier alpha value is -5.64. The van der Waals surface area contributed by atoms with Gasteiger partial charge < -0.3 is 20.3 Å². The Labute approximate surface area is 340 Å². The number of aliphatic hydroxyl groups excluding tert-OH is 1. The highest BCUT2D eigenvalue weighted by Crippen LogP contribution is 2.41. The average molecular weight is 861 g/mol. The van der Waals surface area contributed by atoms with Gasteiger partial charge in [0.25, 0.3) is 0 Å². The molecule has 7 rings (SSSR count). The van der Waals surface area contributed by atoms with Crippen LogP contribution in [0.4, 0.5) is 15.1 Å². The van der Waals surface area contributed by atoms with Crippen molar-refractivity contribution >= 4 is 85.7 Å². The molecule has 0 aliphatic heterocycles. The van der Waals surface area contributed by atoms with Crippen LogP contribution in [0.15, 0.2) is 87.1 Å². The molecule has 0 fully saturated rings. The van der Waals surface area contributed by atoms with E-state index in [1.165, 1.54) is 40.9 Å². The van der Waals surface area contributed by atoms with Crippen LogP contribution in [0.2, 0.25) is 0 Å². The fourth-order valence-electron chi connectivity index (χ4n) is 5.96. The fourth-order valence-corrected chi connectivity index (χ4v) is 9.51. The van der Waals surface area contributed by atoms with Gasteiger partial charge in [-0.05, 0) is 82.4 Å². The number of sulfonamides is 1. The van der Waals surface area contributed by atoms with Crippen LogP contribution in [-0.2, 0) is 31.1 Å². The van der Waals surface area contributed by atoms with Crippen LogP contribution in [0.25, 0.3) is 53.8 Å². The van der Waals surface area contributed by atoms with E-state index in [1.807, 2.05) is 32.0 Å². The van der Waals surface area contributed by atoms with Crippen LogP contribution >= 0.6 is 22.7 Å². The van der Waals surface area contributed by atoms with Crippen LogP contribution in [0.1, 0.15) is 31.5 Å². The summed E-state index contributed by atoms with van der Waals surface area (Å²) in [5, 5.41) is 22.1. The molecule has 5 N–H and O–H groups in total. The number of urea groups is 1. The third-order valence-electron chi connectivity index (χ3n) is 8.77. The second-order valence-corrected chi connectivity index (χ2v) is 19.2. The summed E-state index contributed by atoms with van der Waals surface area (Å²) in [7, 11) is -7.66. The number of benzene rings is 4. The molecule has 3 amide bonds. The summed E-state index contributed by atoms with van der Waals surface area (Å²) in [5.74, 6) is 1.14. The second-order valence-electron chi connectivity index (χ2n) is 13.4. The Morgan fingerprint density at radius 1 is 0.828 bits per heavy atom. The Bertz CT molecular complexity index is 2910. The molecular weight excluding hydrogens is 825 g/mol. The van der Waals surface area contributed by atoms with E-state index in [0.29, 0.717) is 88.6 Å². The van der Waals surface area contributed by atoms with E-state index in [2.05, 4.69) is 40.8 Å². The van der Waals surface area contributed by atoms with Gasteiger partial charge in [-0.15, -0.1) is 0 Å². The maximum absolute atomic E-state index is 13.6. The molecule has 58 heavy (non-hydrogen) atoms. The quantitative estimate of drug-likeness (QED) is 0.0745. The number of thiazole rings is 2. The highest BCUT2D eigenvalue weighted by atomic mass is 32.2. The largest absolute Gasteiger partial charge is 0.395 e. The first-order valence-corrected chi connectivity index (χ1v) is 22.7. The molecule has 0 radical (unpaired) electrons. The van der Waals surface area contributed by atoms with Crippen molar-refractivity contribution in [2.45, 2.75) is 36.0 Å². The van der Waals surface area contributed by atoms with Gasteiger partial charge in [0, 0.05) is 37.2 Å². The zero-order valence-corrected chi connectivity index (χ0v) is 34.4. The Morgan fingerprint density at radius 2 is 1.55 bits per heavy atom. The summed E-state index contributed by atoms with van der Waals surface area (Å²) < 4.78 is 61.1. The number of aliphatic hydroxyl groups is 1. The number of carbonyl (C=O) groups is 2. The number of sulfone groups is 1. The van der Waals surface area contributed by atoms with E-state index >= 15 is 0 Å². The second kappa shape index (κ2) is 16.7. The van der Waals surface area contributed by atoms with Gasteiger partial charge in [-0.1, -0.05) is 59.9 Å². The van der Waals surface area contributed by atoms with Crippen molar-refractivity contribution in [1.29, 1.82) is 0 Å². The average Bonchev–Trinajstić information content (AvgIpc) is 3.94. The molecule has 0 aliphatic rings. The number of hydrogen-bond acceptors (Lipinski definition) is 14. The van der Waals surface area contributed by atoms with Crippen molar-refractivity contribution in [3.63, 3.8) is 0 Å². The summed E-state index contributed by atoms with van der Waals surface area (Å²) >= 11 is 2.44. The Balaban J connectivity index is 1.26. The zero-order valence-electron chi connectivity index (χ0n) is 31.1. The Morgan fingerprint density at radius 3 is 2.29 bits per heavy atom. The van der Waals surface area contributed by atoms with Gasteiger partial charge in [0.05, 0.1) is 36.8 Å². The van der Waals surface area contributed by atoms with Gasteiger partial charge >= 0.3 is 6.03 Å². The Kier molecular flexibility index (Phi) is 11.7. The molecule has 3 heterocycles. The molecule has 0 saturated heterocycles. The molecule has 0 bridgehead atoms. The van der Waals surface area contributed by atoms with Crippen molar-refractivity contribution in [3.8, 4) is 33.4 Å². The maximum Gasteiger partial charge on any atom is 0.321 e. The molecule has 0 aliphatic carbocycles. The lowest BCUT2D eigenvalue weighted by molar-refractivity contribution is -0.105. The first kappa shape index (κ1) is 40.6. The molecule has 0 unspecified atom stereocenters. The lowest BCUT2D eigenvalue weighted by Crippen LogP contribution is -2.30. The van der Waals surface area contributed by atoms with Gasteiger partial charge in [0.15, 0.2) is 25.9 Å². The van der Waals surface area contributed by atoms with E-state index in [1.54, 1.807) is 36.4 Å². The molecule has 0 saturated carbocycles. The third kappa shape index (κ3) is 9.06. The van der Waals surface area contributed by atoms with Crippen molar-refractivity contribution in [2.24, 2.45) is 0 Å². The van der Waals surface area contributed by atoms with Gasteiger partial charge in [0.2, 0.25) is 22.3 Å². The minimum Gasteiger partial charge on any atom is -0.395 e. The first-order chi connectivity index (χ1) is 27.7.